The third-order valence-electron chi connectivity index (χ3n) is 3.79. The molecule has 1 amide bonds. The van der Waals surface area contributed by atoms with Crippen LogP contribution >= 0.6 is 0 Å². The van der Waals surface area contributed by atoms with Crippen LogP contribution in [0.25, 0.3) is 11.0 Å². The average Bonchev–Trinajstić information content (AvgIpc) is 3.13. The Labute approximate surface area is 152 Å². The number of benzene rings is 2. The van der Waals surface area contributed by atoms with Crippen molar-refractivity contribution in [3.8, 4) is 11.5 Å². The molecule has 0 atom stereocenters. The van der Waals surface area contributed by atoms with Crippen molar-refractivity contribution in [2.24, 2.45) is 5.16 Å². The smallest absolute Gasteiger partial charge is 0.332 e. The number of anilines is 1. The van der Waals surface area contributed by atoms with Crippen molar-refractivity contribution in [1.29, 1.82) is 0 Å². The van der Waals surface area contributed by atoms with Gasteiger partial charge in [0.25, 0.3) is 11.5 Å². The standard InChI is InChI=1S/C19H14N2O6/c1-11(22)27-21-19-14(8-12-4-2-3-5-15(12)26-19)18(23)20-13-6-7-16-17(9-13)25-10-24-16/h2-9H,10H2,1H3,(H,20,23)/b21-19+. The molecule has 3 aromatic rings. The molecule has 0 bridgehead atoms. The van der Waals surface area contributed by atoms with Crippen LogP contribution in [0.2, 0.25) is 0 Å². The minimum Gasteiger partial charge on any atom is -0.454 e. The van der Waals surface area contributed by atoms with Crippen LogP contribution in [0.4, 0.5) is 5.69 Å². The molecule has 8 nitrogen and oxygen atoms in total. The fourth-order valence-electron chi connectivity index (χ4n) is 2.58. The molecule has 27 heavy (non-hydrogen) atoms. The number of ether oxygens (including phenoxy) is 2. The highest BCUT2D eigenvalue weighted by Crippen LogP contribution is 2.34. The Balaban J connectivity index is 1.72. The van der Waals surface area contributed by atoms with E-state index in [1.807, 2.05) is 6.07 Å². The minimum absolute atomic E-state index is 0.109. The van der Waals surface area contributed by atoms with Crippen LogP contribution in [0.5, 0.6) is 11.5 Å². The number of hydrogen-bond acceptors (Lipinski definition) is 7. The first kappa shape index (κ1) is 16.6. The first-order valence-corrected chi connectivity index (χ1v) is 8.06. The van der Waals surface area contributed by atoms with E-state index in [1.54, 1.807) is 42.5 Å². The summed E-state index contributed by atoms with van der Waals surface area (Å²) >= 11 is 0. The zero-order valence-electron chi connectivity index (χ0n) is 14.2. The summed E-state index contributed by atoms with van der Waals surface area (Å²) in [6, 6.07) is 13.8. The van der Waals surface area contributed by atoms with E-state index >= 15 is 0 Å². The zero-order chi connectivity index (χ0) is 18.8. The van der Waals surface area contributed by atoms with Gasteiger partial charge in [-0.1, -0.05) is 18.2 Å². The van der Waals surface area contributed by atoms with Gasteiger partial charge < -0.3 is 24.0 Å². The molecule has 136 valence electrons. The van der Waals surface area contributed by atoms with E-state index in [0.29, 0.717) is 28.2 Å². The Morgan fingerprint density at radius 1 is 1.07 bits per heavy atom. The van der Waals surface area contributed by atoms with Crippen LogP contribution in [0.3, 0.4) is 0 Å². The molecule has 0 saturated carbocycles. The SMILES string of the molecule is CC(=O)O/N=c1/oc2ccccc2cc1C(=O)Nc1ccc2c(c1)OCO2. The summed E-state index contributed by atoms with van der Waals surface area (Å²) in [5, 5.41) is 7.10. The lowest BCUT2D eigenvalue weighted by molar-refractivity contribution is -0.141. The summed E-state index contributed by atoms with van der Waals surface area (Å²) in [4.78, 5) is 28.5. The molecular weight excluding hydrogens is 352 g/mol. The van der Waals surface area contributed by atoms with Gasteiger partial charge in [0.05, 0.1) is 0 Å². The first-order chi connectivity index (χ1) is 13.1. The van der Waals surface area contributed by atoms with Crippen molar-refractivity contribution < 1.29 is 28.3 Å². The maximum atomic E-state index is 12.8. The average molecular weight is 366 g/mol. The molecule has 1 aromatic heterocycles. The molecule has 0 spiro atoms. The fraction of sp³-hybridized carbons (Fsp3) is 0.105. The molecule has 1 aliphatic rings. The molecule has 0 fully saturated rings. The van der Waals surface area contributed by atoms with Crippen molar-refractivity contribution in [1.82, 2.24) is 0 Å². The van der Waals surface area contributed by atoms with Crippen molar-refractivity contribution in [2.75, 3.05) is 12.1 Å². The molecule has 0 unspecified atom stereocenters. The van der Waals surface area contributed by atoms with Gasteiger partial charge in [-0.2, -0.15) is 0 Å². The molecule has 2 aromatic carbocycles. The van der Waals surface area contributed by atoms with Gasteiger partial charge in [-0.25, -0.2) is 4.79 Å². The maximum absolute atomic E-state index is 12.8. The van der Waals surface area contributed by atoms with Gasteiger partial charge >= 0.3 is 5.97 Å². The largest absolute Gasteiger partial charge is 0.454 e. The minimum atomic E-state index is -0.625. The number of fused-ring (bicyclic) bond motifs is 2. The first-order valence-electron chi connectivity index (χ1n) is 8.06. The number of carbonyl (C=O) groups is 2. The lowest BCUT2D eigenvalue weighted by atomic mass is 10.1. The van der Waals surface area contributed by atoms with Gasteiger partial charge in [0.15, 0.2) is 11.5 Å². The maximum Gasteiger partial charge on any atom is 0.332 e. The number of amides is 1. The van der Waals surface area contributed by atoms with Gasteiger partial charge in [0, 0.05) is 24.1 Å². The van der Waals surface area contributed by atoms with Gasteiger partial charge in [0.2, 0.25) is 6.79 Å². The lowest BCUT2D eigenvalue weighted by Gasteiger charge is -2.07. The van der Waals surface area contributed by atoms with E-state index in [0.717, 1.165) is 0 Å². The summed E-state index contributed by atoms with van der Waals surface area (Å²) in [6.07, 6.45) is 0. The van der Waals surface area contributed by atoms with Crippen LogP contribution in [0, 0.1) is 0 Å². The Kier molecular flexibility index (Phi) is 4.21. The Morgan fingerprint density at radius 2 is 1.89 bits per heavy atom. The van der Waals surface area contributed by atoms with E-state index in [-0.39, 0.29) is 17.9 Å². The normalized spacial score (nSPS) is 12.9. The molecule has 4 rings (SSSR count). The monoisotopic (exact) mass is 366 g/mol. The van der Waals surface area contributed by atoms with Crippen molar-refractivity contribution >= 4 is 28.5 Å². The van der Waals surface area contributed by atoms with E-state index in [1.165, 1.54) is 6.92 Å². The predicted octanol–water partition coefficient (Wildman–Crippen LogP) is 2.79. The van der Waals surface area contributed by atoms with E-state index in [9.17, 15) is 9.59 Å². The van der Waals surface area contributed by atoms with E-state index in [4.69, 9.17) is 13.9 Å². The highest BCUT2D eigenvalue weighted by Gasteiger charge is 2.17. The second-order valence-electron chi connectivity index (χ2n) is 5.70. The Morgan fingerprint density at radius 3 is 2.74 bits per heavy atom. The Hall–Kier alpha value is -3.81. The second kappa shape index (κ2) is 6.83. The summed E-state index contributed by atoms with van der Waals surface area (Å²) in [6.45, 7) is 1.35. The number of para-hydroxylation sites is 1. The summed E-state index contributed by atoms with van der Waals surface area (Å²) in [7, 11) is 0. The van der Waals surface area contributed by atoms with Crippen LogP contribution < -0.4 is 20.3 Å². The molecule has 2 heterocycles. The number of nitrogens with one attached hydrogen (secondary N) is 1. The van der Waals surface area contributed by atoms with Gasteiger partial charge in [-0.15, -0.1) is 0 Å². The molecule has 0 saturated heterocycles. The number of rotatable bonds is 3. The third-order valence-corrected chi connectivity index (χ3v) is 3.79. The van der Waals surface area contributed by atoms with E-state index < -0.39 is 11.9 Å². The van der Waals surface area contributed by atoms with Crippen molar-refractivity contribution in [2.45, 2.75) is 6.92 Å². The molecular formula is C19H14N2O6. The summed E-state index contributed by atoms with van der Waals surface area (Å²) in [5.74, 6) is 0.0508. The predicted molar refractivity (Wildman–Crippen MR) is 94.1 cm³/mol. The number of carbonyl (C=O) groups excluding carboxylic acids is 2. The number of nitrogens with zero attached hydrogens (tertiary/aromatic N) is 1. The van der Waals surface area contributed by atoms with Gasteiger partial charge in [-0.3, -0.25) is 4.79 Å². The zero-order valence-corrected chi connectivity index (χ0v) is 14.2. The van der Waals surface area contributed by atoms with Crippen LogP contribution in [-0.2, 0) is 9.63 Å². The van der Waals surface area contributed by atoms with Gasteiger partial charge in [0.1, 0.15) is 11.1 Å². The Bertz CT molecular complexity index is 1120. The highest BCUT2D eigenvalue weighted by molar-refractivity contribution is 6.05. The lowest BCUT2D eigenvalue weighted by Crippen LogP contribution is -2.22. The van der Waals surface area contributed by atoms with Crippen LogP contribution in [0.1, 0.15) is 17.3 Å². The van der Waals surface area contributed by atoms with Crippen molar-refractivity contribution in [3.05, 3.63) is 59.6 Å². The van der Waals surface area contributed by atoms with E-state index in [2.05, 4.69) is 15.3 Å². The van der Waals surface area contributed by atoms with Crippen LogP contribution in [-0.4, -0.2) is 18.7 Å². The summed E-state index contributed by atoms with van der Waals surface area (Å²) in [5.41, 5.74) is 1.02. The quantitative estimate of drug-likeness (QED) is 0.565. The highest BCUT2D eigenvalue weighted by atomic mass is 16.7. The second-order valence-corrected chi connectivity index (χ2v) is 5.70. The molecule has 0 radical (unpaired) electrons. The summed E-state index contributed by atoms with van der Waals surface area (Å²) < 4.78 is 16.2. The van der Waals surface area contributed by atoms with Crippen molar-refractivity contribution in [3.63, 3.8) is 0 Å². The molecule has 8 heteroatoms. The fourth-order valence-corrected chi connectivity index (χ4v) is 2.58. The molecule has 1 N–H and O–H groups in total. The molecule has 0 aliphatic carbocycles. The topological polar surface area (TPSA) is 99.4 Å². The molecule has 1 aliphatic heterocycles. The third kappa shape index (κ3) is 3.45. The van der Waals surface area contributed by atoms with Crippen LogP contribution in [0.15, 0.2) is 58.1 Å². The van der Waals surface area contributed by atoms with Gasteiger partial charge in [-0.05, 0) is 29.4 Å². The number of hydrogen-bond donors (Lipinski definition) is 1.